The van der Waals surface area contributed by atoms with Crippen molar-refractivity contribution < 1.29 is 4.39 Å². The molecular formula is C14H23FN2. The van der Waals surface area contributed by atoms with Crippen LogP contribution in [-0.2, 0) is 6.54 Å². The van der Waals surface area contributed by atoms with Gasteiger partial charge in [0.1, 0.15) is 5.82 Å². The van der Waals surface area contributed by atoms with Crippen LogP contribution in [0.1, 0.15) is 26.3 Å². The van der Waals surface area contributed by atoms with Crippen LogP contribution >= 0.6 is 0 Å². The van der Waals surface area contributed by atoms with E-state index in [2.05, 4.69) is 38.0 Å². The molecule has 1 aromatic rings. The molecule has 3 heteroatoms. The van der Waals surface area contributed by atoms with Gasteiger partial charge in [-0.3, -0.25) is 4.90 Å². The number of likely N-dealkylation sites (N-methyl/N-ethyl adjacent to an activating group) is 1. The average Bonchev–Trinajstić information content (AvgIpc) is 2.28. The molecular weight excluding hydrogens is 215 g/mol. The van der Waals surface area contributed by atoms with Gasteiger partial charge < -0.3 is 5.32 Å². The molecule has 0 aliphatic heterocycles. The lowest BCUT2D eigenvalue weighted by molar-refractivity contribution is 0.239. The SMILES string of the molecule is CC(C)NCC(C)N(C)Cc1ccc(F)cc1. The van der Waals surface area contributed by atoms with Crippen LogP contribution in [0.15, 0.2) is 24.3 Å². The first kappa shape index (κ1) is 14.1. The molecule has 96 valence electrons. The Morgan fingerprint density at radius 3 is 2.29 bits per heavy atom. The van der Waals surface area contributed by atoms with Gasteiger partial charge in [-0.25, -0.2) is 4.39 Å². The Labute approximate surface area is 104 Å². The van der Waals surface area contributed by atoms with Gasteiger partial charge in [-0.2, -0.15) is 0 Å². The molecule has 1 N–H and O–H groups in total. The lowest BCUT2D eigenvalue weighted by Crippen LogP contribution is -2.39. The highest BCUT2D eigenvalue weighted by Crippen LogP contribution is 2.07. The first-order valence-corrected chi connectivity index (χ1v) is 6.17. The topological polar surface area (TPSA) is 15.3 Å². The van der Waals surface area contributed by atoms with E-state index >= 15 is 0 Å². The molecule has 0 aliphatic carbocycles. The third-order valence-electron chi connectivity index (χ3n) is 2.92. The fraction of sp³-hybridized carbons (Fsp3) is 0.571. The van der Waals surface area contributed by atoms with E-state index < -0.39 is 0 Å². The molecule has 1 atom stereocenters. The first-order chi connectivity index (χ1) is 7.99. The third kappa shape index (κ3) is 5.29. The number of hydrogen-bond donors (Lipinski definition) is 1. The van der Waals surface area contributed by atoms with Crippen LogP contribution in [0.3, 0.4) is 0 Å². The van der Waals surface area contributed by atoms with Crippen LogP contribution in [0.4, 0.5) is 4.39 Å². The zero-order valence-corrected chi connectivity index (χ0v) is 11.2. The molecule has 0 aliphatic rings. The largest absolute Gasteiger partial charge is 0.313 e. The second-order valence-electron chi connectivity index (χ2n) is 4.95. The summed E-state index contributed by atoms with van der Waals surface area (Å²) in [5, 5.41) is 3.42. The molecule has 0 aromatic heterocycles. The Bertz CT molecular complexity index is 321. The average molecular weight is 238 g/mol. The summed E-state index contributed by atoms with van der Waals surface area (Å²) >= 11 is 0. The van der Waals surface area contributed by atoms with Crippen molar-refractivity contribution in [3.8, 4) is 0 Å². The number of rotatable bonds is 6. The van der Waals surface area contributed by atoms with Crippen molar-refractivity contribution in [3.63, 3.8) is 0 Å². The summed E-state index contributed by atoms with van der Waals surface area (Å²) in [6, 6.07) is 7.68. The quantitative estimate of drug-likeness (QED) is 0.819. The van der Waals surface area contributed by atoms with Crippen molar-refractivity contribution in [1.82, 2.24) is 10.2 Å². The standard InChI is InChI=1S/C14H23FN2/c1-11(2)16-9-12(3)17(4)10-13-5-7-14(15)8-6-13/h5-8,11-12,16H,9-10H2,1-4H3. The number of halogens is 1. The lowest BCUT2D eigenvalue weighted by Gasteiger charge is -2.26. The van der Waals surface area contributed by atoms with E-state index in [1.54, 1.807) is 0 Å². The summed E-state index contributed by atoms with van der Waals surface area (Å²) in [5.41, 5.74) is 1.14. The van der Waals surface area contributed by atoms with Crippen LogP contribution in [0, 0.1) is 5.82 Å². The fourth-order valence-electron chi connectivity index (χ4n) is 1.60. The van der Waals surface area contributed by atoms with Crippen LogP contribution in [0.25, 0.3) is 0 Å². The van der Waals surface area contributed by atoms with Gasteiger partial charge in [0.05, 0.1) is 0 Å². The van der Waals surface area contributed by atoms with Gasteiger partial charge in [0.2, 0.25) is 0 Å². The van der Waals surface area contributed by atoms with Crippen molar-refractivity contribution >= 4 is 0 Å². The lowest BCUT2D eigenvalue weighted by atomic mass is 10.2. The van der Waals surface area contributed by atoms with E-state index in [0.717, 1.165) is 18.7 Å². The molecule has 0 saturated carbocycles. The maximum Gasteiger partial charge on any atom is 0.123 e. The Hall–Kier alpha value is -0.930. The minimum atomic E-state index is -0.175. The Morgan fingerprint density at radius 2 is 1.76 bits per heavy atom. The maximum absolute atomic E-state index is 12.8. The van der Waals surface area contributed by atoms with Gasteiger partial charge in [0.15, 0.2) is 0 Å². The third-order valence-corrected chi connectivity index (χ3v) is 2.92. The highest BCUT2D eigenvalue weighted by molar-refractivity contribution is 5.15. The highest BCUT2D eigenvalue weighted by atomic mass is 19.1. The molecule has 1 aromatic carbocycles. The van der Waals surface area contributed by atoms with Crippen molar-refractivity contribution in [3.05, 3.63) is 35.6 Å². The second kappa shape index (κ2) is 6.72. The van der Waals surface area contributed by atoms with Gasteiger partial charge in [0, 0.05) is 25.2 Å². The van der Waals surface area contributed by atoms with Crippen molar-refractivity contribution in [2.45, 2.75) is 39.4 Å². The van der Waals surface area contributed by atoms with Crippen LogP contribution in [0.2, 0.25) is 0 Å². The van der Waals surface area contributed by atoms with Gasteiger partial charge >= 0.3 is 0 Å². The van der Waals surface area contributed by atoms with E-state index in [4.69, 9.17) is 0 Å². The van der Waals surface area contributed by atoms with Gasteiger partial charge in [-0.15, -0.1) is 0 Å². The molecule has 17 heavy (non-hydrogen) atoms. The second-order valence-corrected chi connectivity index (χ2v) is 4.95. The maximum atomic E-state index is 12.8. The number of nitrogens with zero attached hydrogens (tertiary/aromatic N) is 1. The summed E-state index contributed by atoms with van der Waals surface area (Å²) < 4.78 is 12.8. The van der Waals surface area contributed by atoms with Gasteiger partial charge in [0.25, 0.3) is 0 Å². The summed E-state index contributed by atoms with van der Waals surface area (Å²) in [5.74, 6) is -0.175. The number of nitrogens with one attached hydrogen (secondary N) is 1. The molecule has 0 saturated heterocycles. The zero-order chi connectivity index (χ0) is 12.8. The highest BCUT2D eigenvalue weighted by Gasteiger charge is 2.09. The molecule has 0 fully saturated rings. The van der Waals surface area contributed by atoms with Gasteiger partial charge in [-0.1, -0.05) is 26.0 Å². The molecule has 0 bridgehead atoms. The molecule has 1 rings (SSSR count). The first-order valence-electron chi connectivity index (χ1n) is 6.17. The predicted octanol–water partition coefficient (Wildman–Crippen LogP) is 2.64. The monoisotopic (exact) mass is 238 g/mol. The smallest absolute Gasteiger partial charge is 0.123 e. The molecule has 2 nitrogen and oxygen atoms in total. The summed E-state index contributed by atoms with van der Waals surface area (Å²) in [7, 11) is 2.09. The van der Waals surface area contributed by atoms with Crippen LogP contribution in [-0.4, -0.2) is 30.6 Å². The van der Waals surface area contributed by atoms with Crippen molar-refractivity contribution in [2.24, 2.45) is 0 Å². The summed E-state index contributed by atoms with van der Waals surface area (Å²) in [4.78, 5) is 2.27. The van der Waals surface area contributed by atoms with Gasteiger partial charge in [-0.05, 0) is 31.7 Å². The van der Waals surface area contributed by atoms with Crippen LogP contribution in [0.5, 0.6) is 0 Å². The van der Waals surface area contributed by atoms with Crippen molar-refractivity contribution in [1.29, 1.82) is 0 Å². The zero-order valence-electron chi connectivity index (χ0n) is 11.2. The summed E-state index contributed by atoms with van der Waals surface area (Å²) in [6.07, 6.45) is 0. The van der Waals surface area contributed by atoms with E-state index in [0.29, 0.717) is 12.1 Å². The van der Waals surface area contributed by atoms with E-state index in [1.807, 2.05) is 12.1 Å². The summed E-state index contributed by atoms with van der Waals surface area (Å²) in [6.45, 7) is 8.30. The molecule has 0 heterocycles. The molecule has 0 spiro atoms. The molecule has 0 radical (unpaired) electrons. The van der Waals surface area contributed by atoms with E-state index in [9.17, 15) is 4.39 Å². The molecule has 0 amide bonds. The normalized spacial score (nSPS) is 13.4. The van der Waals surface area contributed by atoms with Crippen molar-refractivity contribution in [2.75, 3.05) is 13.6 Å². The Kier molecular flexibility index (Phi) is 5.59. The number of hydrogen-bond acceptors (Lipinski definition) is 2. The number of benzene rings is 1. The predicted molar refractivity (Wildman–Crippen MR) is 70.5 cm³/mol. The Balaban J connectivity index is 2.42. The Morgan fingerprint density at radius 1 is 1.18 bits per heavy atom. The van der Waals surface area contributed by atoms with E-state index in [1.165, 1.54) is 12.1 Å². The molecule has 1 unspecified atom stereocenters. The minimum Gasteiger partial charge on any atom is -0.313 e. The fourth-order valence-corrected chi connectivity index (χ4v) is 1.60. The van der Waals surface area contributed by atoms with E-state index in [-0.39, 0.29) is 5.82 Å². The van der Waals surface area contributed by atoms with Crippen LogP contribution < -0.4 is 5.32 Å². The minimum absolute atomic E-state index is 0.175.